The Labute approximate surface area is 108 Å². The molecule has 92 valence electrons. The van der Waals surface area contributed by atoms with E-state index in [9.17, 15) is 4.79 Å². The first-order valence-corrected chi connectivity index (χ1v) is 6.66. The van der Waals surface area contributed by atoms with Gasteiger partial charge in [0.05, 0.1) is 5.54 Å². The second-order valence-corrected chi connectivity index (χ2v) is 5.55. The van der Waals surface area contributed by atoms with Crippen molar-refractivity contribution in [3.63, 3.8) is 0 Å². The predicted octanol–water partition coefficient (Wildman–Crippen LogP) is 2.70. The summed E-state index contributed by atoms with van der Waals surface area (Å²) < 4.78 is 0. The molecule has 0 spiro atoms. The van der Waals surface area contributed by atoms with Gasteiger partial charge in [-0.2, -0.15) is 12.6 Å². The highest BCUT2D eigenvalue weighted by molar-refractivity contribution is 7.80. The lowest BCUT2D eigenvalue weighted by Crippen LogP contribution is -2.42. The third-order valence-electron chi connectivity index (χ3n) is 3.62. The minimum Gasteiger partial charge on any atom is -0.333 e. The minimum atomic E-state index is -0.226. The van der Waals surface area contributed by atoms with Crippen LogP contribution < -0.4 is 0 Å². The van der Waals surface area contributed by atoms with E-state index in [0.717, 1.165) is 12.3 Å². The molecule has 1 heterocycles. The number of likely N-dealkylation sites (tertiary alicyclic amines) is 1. The summed E-state index contributed by atoms with van der Waals surface area (Å²) in [5, 5.41) is 0. The molecule has 1 aliphatic heterocycles. The number of rotatable bonds is 3. The zero-order valence-corrected chi connectivity index (χ0v) is 11.3. The number of hydrogen-bond acceptors (Lipinski definition) is 2. The van der Waals surface area contributed by atoms with Crippen molar-refractivity contribution in [3.05, 3.63) is 35.9 Å². The number of benzene rings is 1. The van der Waals surface area contributed by atoms with Crippen LogP contribution in [0.4, 0.5) is 0 Å². The molecule has 1 fully saturated rings. The Balaban J connectivity index is 2.24. The predicted molar refractivity (Wildman–Crippen MR) is 73.1 cm³/mol. The Morgan fingerprint density at radius 1 is 1.35 bits per heavy atom. The Kier molecular flexibility index (Phi) is 3.48. The average molecular weight is 249 g/mol. The second kappa shape index (κ2) is 4.73. The number of carbonyl (C=O) groups is 1. The maximum atomic E-state index is 12.1. The maximum absolute atomic E-state index is 12.1. The molecule has 0 aliphatic carbocycles. The molecule has 1 aromatic rings. The van der Waals surface area contributed by atoms with Gasteiger partial charge in [0.1, 0.15) is 0 Å². The highest BCUT2D eigenvalue weighted by Crippen LogP contribution is 2.33. The van der Waals surface area contributed by atoms with Gasteiger partial charge in [0.25, 0.3) is 0 Å². The number of amides is 1. The lowest BCUT2D eigenvalue weighted by atomic mass is 9.92. The van der Waals surface area contributed by atoms with Crippen molar-refractivity contribution in [2.75, 3.05) is 12.3 Å². The Morgan fingerprint density at radius 2 is 2.00 bits per heavy atom. The monoisotopic (exact) mass is 249 g/mol. The Morgan fingerprint density at radius 3 is 2.53 bits per heavy atom. The van der Waals surface area contributed by atoms with Crippen molar-refractivity contribution >= 4 is 18.5 Å². The summed E-state index contributed by atoms with van der Waals surface area (Å²) in [6.45, 7) is 5.05. The molecule has 0 saturated carbocycles. The maximum Gasteiger partial charge on any atom is 0.223 e. The van der Waals surface area contributed by atoms with Gasteiger partial charge in [-0.15, -0.1) is 0 Å². The van der Waals surface area contributed by atoms with Gasteiger partial charge in [0, 0.05) is 13.0 Å². The molecular formula is C14H19NOS. The molecule has 1 unspecified atom stereocenters. The van der Waals surface area contributed by atoms with Crippen molar-refractivity contribution in [2.45, 2.75) is 25.8 Å². The van der Waals surface area contributed by atoms with Gasteiger partial charge >= 0.3 is 0 Å². The van der Waals surface area contributed by atoms with Crippen molar-refractivity contribution in [3.8, 4) is 0 Å². The molecule has 0 radical (unpaired) electrons. The number of nitrogens with zero attached hydrogens (tertiary/aromatic N) is 1. The molecule has 1 amide bonds. The molecule has 1 saturated heterocycles. The highest BCUT2D eigenvalue weighted by atomic mass is 32.1. The average Bonchev–Trinajstić information content (AvgIpc) is 2.72. The van der Waals surface area contributed by atoms with Crippen LogP contribution in [0.15, 0.2) is 30.3 Å². The van der Waals surface area contributed by atoms with E-state index in [1.165, 1.54) is 5.56 Å². The molecule has 2 nitrogen and oxygen atoms in total. The first-order valence-electron chi connectivity index (χ1n) is 6.02. The molecule has 17 heavy (non-hydrogen) atoms. The van der Waals surface area contributed by atoms with Gasteiger partial charge in [0.15, 0.2) is 0 Å². The lowest BCUT2D eigenvalue weighted by molar-refractivity contribution is -0.132. The number of hydrogen-bond donors (Lipinski definition) is 1. The first kappa shape index (κ1) is 12.5. The van der Waals surface area contributed by atoms with Crippen molar-refractivity contribution < 1.29 is 4.79 Å². The van der Waals surface area contributed by atoms with Crippen LogP contribution >= 0.6 is 12.6 Å². The summed E-state index contributed by atoms with van der Waals surface area (Å²) in [6.07, 6.45) is 0.639. The SMILES string of the molecule is CC(C)(c1ccccc1)N1CC(CS)CC1=O. The topological polar surface area (TPSA) is 20.3 Å². The molecule has 1 atom stereocenters. The van der Waals surface area contributed by atoms with Crippen LogP contribution in [-0.2, 0) is 10.3 Å². The summed E-state index contributed by atoms with van der Waals surface area (Å²) in [6, 6.07) is 10.2. The van der Waals surface area contributed by atoms with Gasteiger partial charge in [-0.1, -0.05) is 30.3 Å². The zero-order valence-electron chi connectivity index (χ0n) is 10.4. The molecular weight excluding hydrogens is 230 g/mol. The van der Waals surface area contributed by atoms with E-state index in [2.05, 4.69) is 38.6 Å². The second-order valence-electron chi connectivity index (χ2n) is 5.18. The summed E-state index contributed by atoms with van der Waals surface area (Å²) in [4.78, 5) is 14.0. The van der Waals surface area contributed by atoms with E-state index in [1.54, 1.807) is 0 Å². The Bertz CT molecular complexity index is 402. The molecule has 0 bridgehead atoms. The molecule has 1 aliphatic rings. The van der Waals surface area contributed by atoms with Crippen LogP contribution in [0.25, 0.3) is 0 Å². The fourth-order valence-corrected chi connectivity index (χ4v) is 2.69. The van der Waals surface area contributed by atoms with Gasteiger partial charge in [-0.3, -0.25) is 4.79 Å². The van der Waals surface area contributed by atoms with Gasteiger partial charge in [-0.05, 0) is 31.1 Å². The minimum absolute atomic E-state index is 0.226. The van der Waals surface area contributed by atoms with Crippen LogP contribution in [0.1, 0.15) is 25.8 Å². The third-order valence-corrected chi connectivity index (χ3v) is 4.13. The van der Waals surface area contributed by atoms with Crippen molar-refractivity contribution in [2.24, 2.45) is 5.92 Å². The molecule has 1 aromatic carbocycles. The van der Waals surface area contributed by atoms with Gasteiger partial charge < -0.3 is 4.90 Å². The van der Waals surface area contributed by atoms with E-state index in [-0.39, 0.29) is 11.4 Å². The van der Waals surface area contributed by atoms with Crippen LogP contribution in [-0.4, -0.2) is 23.1 Å². The summed E-state index contributed by atoms with van der Waals surface area (Å²) in [5.74, 6) is 1.43. The summed E-state index contributed by atoms with van der Waals surface area (Å²) in [5.41, 5.74) is 0.962. The number of thiol groups is 1. The smallest absolute Gasteiger partial charge is 0.223 e. The quantitative estimate of drug-likeness (QED) is 0.817. The fourth-order valence-electron chi connectivity index (χ4n) is 2.45. The van der Waals surface area contributed by atoms with Gasteiger partial charge in [-0.25, -0.2) is 0 Å². The molecule has 0 N–H and O–H groups in total. The zero-order chi connectivity index (χ0) is 12.5. The largest absolute Gasteiger partial charge is 0.333 e. The van der Waals surface area contributed by atoms with E-state index in [0.29, 0.717) is 12.3 Å². The van der Waals surface area contributed by atoms with Crippen LogP contribution in [0.2, 0.25) is 0 Å². The first-order chi connectivity index (χ1) is 8.05. The lowest BCUT2D eigenvalue weighted by Gasteiger charge is -2.36. The van der Waals surface area contributed by atoms with E-state index < -0.39 is 0 Å². The number of carbonyl (C=O) groups excluding carboxylic acids is 1. The van der Waals surface area contributed by atoms with Gasteiger partial charge in [0.2, 0.25) is 5.91 Å². The highest BCUT2D eigenvalue weighted by Gasteiger charge is 2.38. The van der Waals surface area contributed by atoms with E-state index in [4.69, 9.17) is 0 Å². The van der Waals surface area contributed by atoms with E-state index in [1.807, 2.05) is 23.1 Å². The van der Waals surface area contributed by atoms with Crippen molar-refractivity contribution in [1.29, 1.82) is 0 Å². The van der Waals surface area contributed by atoms with Crippen LogP contribution in [0, 0.1) is 5.92 Å². The molecule has 0 aromatic heterocycles. The molecule has 3 heteroatoms. The van der Waals surface area contributed by atoms with Crippen molar-refractivity contribution in [1.82, 2.24) is 4.90 Å². The van der Waals surface area contributed by atoms with Crippen LogP contribution in [0.5, 0.6) is 0 Å². The standard InChI is InChI=1S/C14H19NOS/c1-14(2,12-6-4-3-5-7-12)15-9-11(10-17)8-13(15)16/h3-7,11,17H,8-10H2,1-2H3. The Hall–Kier alpha value is -0.960. The van der Waals surface area contributed by atoms with E-state index >= 15 is 0 Å². The normalized spacial score (nSPS) is 21.0. The fraction of sp³-hybridized carbons (Fsp3) is 0.500. The molecule has 2 rings (SSSR count). The summed E-state index contributed by atoms with van der Waals surface area (Å²) in [7, 11) is 0. The third kappa shape index (κ3) is 2.34. The van der Waals surface area contributed by atoms with Crippen LogP contribution in [0.3, 0.4) is 0 Å². The summed E-state index contributed by atoms with van der Waals surface area (Å²) >= 11 is 4.30.